The van der Waals surface area contributed by atoms with E-state index in [-0.39, 0.29) is 5.82 Å². The minimum atomic E-state index is -0.825. The van der Waals surface area contributed by atoms with Crippen LogP contribution in [-0.4, -0.2) is 22.0 Å². The van der Waals surface area contributed by atoms with Crippen molar-refractivity contribution in [3.8, 4) is 0 Å². The second-order valence-electron chi connectivity index (χ2n) is 3.07. The van der Waals surface area contributed by atoms with Crippen molar-refractivity contribution < 1.29 is 14.1 Å². The van der Waals surface area contributed by atoms with Crippen LogP contribution in [0.2, 0.25) is 0 Å². The molecule has 2 aromatic heterocycles. The van der Waals surface area contributed by atoms with Gasteiger partial charge in [-0.1, -0.05) is 5.16 Å². The highest BCUT2D eigenvalue weighted by molar-refractivity contribution is 7.13. The van der Waals surface area contributed by atoms with Crippen molar-refractivity contribution in [1.82, 2.24) is 10.1 Å². The molecule has 88 valence electrons. The summed E-state index contributed by atoms with van der Waals surface area (Å²) in [6.07, 6.45) is 1.53. The van der Waals surface area contributed by atoms with Gasteiger partial charge in [0.1, 0.15) is 5.76 Å². The van der Waals surface area contributed by atoms with E-state index in [4.69, 9.17) is 4.52 Å². The van der Waals surface area contributed by atoms with Crippen molar-refractivity contribution in [3.63, 3.8) is 0 Å². The largest absolute Gasteiger partial charge is 0.360 e. The number of amides is 2. The highest BCUT2D eigenvalue weighted by Gasteiger charge is 2.16. The van der Waals surface area contributed by atoms with E-state index in [0.29, 0.717) is 10.9 Å². The van der Waals surface area contributed by atoms with Gasteiger partial charge < -0.3 is 4.52 Å². The van der Waals surface area contributed by atoms with Gasteiger partial charge >= 0.3 is 11.8 Å². The van der Waals surface area contributed by atoms with Crippen LogP contribution in [0.25, 0.3) is 0 Å². The summed E-state index contributed by atoms with van der Waals surface area (Å²) in [5.41, 5.74) is 0. The fraction of sp³-hybridized carbons (Fsp3) is 0.111. The second-order valence-corrected chi connectivity index (χ2v) is 3.96. The zero-order valence-electron chi connectivity index (χ0n) is 8.76. The van der Waals surface area contributed by atoms with Crippen molar-refractivity contribution in [2.75, 3.05) is 10.6 Å². The van der Waals surface area contributed by atoms with Gasteiger partial charge in [0.05, 0.1) is 0 Å². The summed E-state index contributed by atoms with van der Waals surface area (Å²) in [4.78, 5) is 26.6. The Hall–Kier alpha value is -2.22. The van der Waals surface area contributed by atoms with E-state index >= 15 is 0 Å². The normalized spacial score (nSPS) is 9.94. The maximum absolute atomic E-state index is 11.4. The van der Waals surface area contributed by atoms with Crippen LogP contribution in [0, 0.1) is 6.92 Å². The van der Waals surface area contributed by atoms with Crippen molar-refractivity contribution in [1.29, 1.82) is 0 Å². The molecular formula is C9H8N4O3S. The SMILES string of the molecule is Cc1cc(NC(=O)C(=O)Nc2nccs2)no1. The Bertz CT molecular complexity index is 534. The number of carbonyl (C=O) groups excluding carboxylic acids is 2. The summed E-state index contributed by atoms with van der Waals surface area (Å²) >= 11 is 1.22. The first kappa shape index (κ1) is 11.3. The molecule has 0 atom stereocenters. The van der Waals surface area contributed by atoms with Crippen molar-refractivity contribution in [2.24, 2.45) is 0 Å². The monoisotopic (exact) mass is 252 g/mol. The van der Waals surface area contributed by atoms with Gasteiger partial charge in [0.2, 0.25) is 0 Å². The standard InChI is InChI=1S/C9H8N4O3S/c1-5-4-6(13-16-5)11-7(14)8(15)12-9-10-2-3-17-9/h2-4H,1H3,(H,10,12,15)(H,11,13,14). The second kappa shape index (κ2) is 4.74. The number of nitrogens with zero attached hydrogens (tertiary/aromatic N) is 2. The van der Waals surface area contributed by atoms with Crippen LogP contribution in [0.1, 0.15) is 5.76 Å². The predicted molar refractivity (Wildman–Crippen MR) is 60.6 cm³/mol. The lowest BCUT2D eigenvalue weighted by atomic mass is 10.4. The van der Waals surface area contributed by atoms with Gasteiger partial charge in [0.25, 0.3) is 0 Å². The Morgan fingerprint density at radius 2 is 2.12 bits per heavy atom. The molecule has 2 amide bonds. The van der Waals surface area contributed by atoms with Crippen LogP contribution in [0.4, 0.5) is 10.9 Å². The quantitative estimate of drug-likeness (QED) is 0.777. The van der Waals surface area contributed by atoms with Gasteiger partial charge in [-0.2, -0.15) is 0 Å². The third-order valence-electron chi connectivity index (χ3n) is 1.73. The number of carbonyl (C=O) groups is 2. The van der Waals surface area contributed by atoms with Gasteiger partial charge in [-0.25, -0.2) is 4.98 Å². The van der Waals surface area contributed by atoms with E-state index < -0.39 is 11.8 Å². The molecule has 8 heteroatoms. The van der Waals surface area contributed by atoms with Crippen LogP contribution in [0.3, 0.4) is 0 Å². The molecule has 0 saturated heterocycles. The third kappa shape index (κ3) is 2.88. The van der Waals surface area contributed by atoms with Crippen molar-refractivity contribution >= 4 is 34.1 Å². The first-order chi connectivity index (χ1) is 8.15. The maximum atomic E-state index is 11.4. The van der Waals surface area contributed by atoms with Crippen LogP contribution >= 0.6 is 11.3 Å². The van der Waals surface area contributed by atoms with E-state index in [1.807, 2.05) is 0 Å². The highest BCUT2D eigenvalue weighted by Crippen LogP contribution is 2.10. The molecule has 0 unspecified atom stereocenters. The van der Waals surface area contributed by atoms with Gasteiger partial charge in [-0.05, 0) is 6.92 Å². The first-order valence-corrected chi connectivity index (χ1v) is 5.48. The van der Waals surface area contributed by atoms with Gasteiger partial charge in [0, 0.05) is 17.6 Å². The molecule has 0 spiro atoms. The summed E-state index contributed by atoms with van der Waals surface area (Å²) in [5, 5.41) is 10.2. The zero-order chi connectivity index (χ0) is 12.3. The average molecular weight is 252 g/mol. The van der Waals surface area contributed by atoms with E-state index in [1.54, 1.807) is 12.3 Å². The molecule has 0 saturated carbocycles. The molecule has 0 aromatic carbocycles. The highest BCUT2D eigenvalue weighted by atomic mass is 32.1. The molecule has 17 heavy (non-hydrogen) atoms. The lowest BCUT2D eigenvalue weighted by Gasteiger charge is -2.00. The number of aromatic nitrogens is 2. The van der Waals surface area contributed by atoms with E-state index in [2.05, 4.69) is 20.8 Å². The summed E-state index contributed by atoms with van der Waals surface area (Å²) in [5.74, 6) is -0.892. The minimum Gasteiger partial charge on any atom is -0.360 e. The van der Waals surface area contributed by atoms with E-state index in [0.717, 1.165) is 0 Å². The lowest BCUT2D eigenvalue weighted by molar-refractivity contribution is -0.133. The number of thiazole rings is 1. The molecule has 0 fully saturated rings. The summed E-state index contributed by atoms with van der Waals surface area (Å²) in [7, 11) is 0. The lowest BCUT2D eigenvalue weighted by Crippen LogP contribution is -2.29. The molecule has 0 aliphatic heterocycles. The number of anilines is 2. The van der Waals surface area contributed by atoms with Gasteiger partial charge in [0.15, 0.2) is 10.9 Å². The Balaban J connectivity index is 1.94. The van der Waals surface area contributed by atoms with Gasteiger partial charge in [-0.15, -0.1) is 11.3 Å². The summed E-state index contributed by atoms with van der Waals surface area (Å²) < 4.78 is 4.74. The van der Waals surface area contributed by atoms with Crippen molar-refractivity contribution in [2.45, 2.75) is 6.92 Å². The zero-order valence-corrected chi connectivity index (χ0v) is 9.58. The third-order valence-corrected chi connectivity index (χ3v) is 2.42. The number of aryl methyl sites for hydroxylation is 1. The number of nitrogens with one attached hydrogen (secondary N) is 2. The molecule has 2 N–H and O–H groups in total. The average Bonchev–Trinajstić information content (AvgIpc) is 2.90. The van der Waals surface area contributed by atoms with Gasteiger partial charge in [-0.3, -0.25) is 20.2 Å². The molecule has 7 nitrogen and oxygen atoms in total. The molecule has 2 aromatic rings. The Morgan fingerprint density at radius 1 is 1.35 bits per heavy atom. The van der Waals surface area contributed by atoms with E-state index in [9.17, 15) is 9.59 Å². The summed E-state index contributed by atoms with van der Waals surface area (Å²) in [6, 6.07) is 1.51. The molecule has 0 aliphatic carbocycles. The molecular weight excluding hydrogens is 244 g/mol. The number of hydrogen-bond donors (Lipinski definition) is 2. The smallest absolute Gasteiger partial charge is 0.315 e. The van der Waals surface area contributed by atoms with Crippen LogP contribution in [0.5, 0.6) is 0 Å². The summed E-state index contributed by atoms with van der Waals surface area (Å²) in [6.45, 7) is 1.68. The van der Waals surface area contributed by atoms with Crippen LogP contribution in [0.15, 0.2) is 22.2 Å². The van der Waals surface area contributed by atoms with Crippen LogP contribution < -0.4 is 10.6 Å². The maximum Gasteiger partial charge on any atom is 0.315 e. The Morgan fingerprint density at radius 3 is 2.71 bits per heavy atom. The molecule has 0 aliphatic rings. The molecule has 2 heterocycles. The molecule has 2 rings (SSSR count). The molecule has 0 bridgehead atoms. The first-order valence-electron chi connectivity index (χ1n) is 4.60. The fourth-order valence-electron chi connectivity index (χ4n) is 1.04. The minimum absolute atomic E-state index is 0.196. The molecule has 0 radical (unpaired) electrons. The van der Waals surface area contributed by atoms with Crippen LogP contribution in [-0.2, 0) is 9.59 Å². The number of hydrogen-bond acceptors (Lipinski definition) is 6. The topological polar surface area (TPSA) is 97.1 Å². The van der Waals surface area contributed by atoms with Crippen molar-refractivity contribution in [3.05, 3.63) is 23.4 Å². The number of rotatable bonds is 2. The van der Waals surface area contributed by atoms with E-state index in [1.165, 1.54) is 23.6 Å². The Labute approximate surface area is 99.8 Å². The predicted octanol–water partition coefficient (Wildman–Crippen LogP) is 1.02. The Kier molecular flexibility index (Phi) is 3.15. The fourth-order valence-corrected chi connectivity index (χ4v) is 1.56.